The highest BCUT2D eigenvalue weighted by molar-refractivity contribution is 7.19. The Hall–Kier alpha value is -2.89. The Kier molecular flexibility index (Phi) is 6.96. The van der Waals surface area contributed by atoms with E-state index >= 15 is 0 Å². The van der Waals surface area contributed by atoms with E-state index in [1.54, 1.807) is 18.4 Å². The van der Waals surface area contributed by atoms with Crippen LogP contribution < -0.4 is 10.1 Å². The molecule has 0 saturated carbocycles. The molecule has 4 nitrogen and oxygen atoms in total. The van der Waals surface area contributed by atoms with Crippen LogP contribution in [-0.2, 0) is 12.8 Å². The van der Waals surface area contributed by atoms with E-state index in [0.717, 1.165) is 56.9 Å². The van der Waals surface area contributed by atoms with Crippen LogP contribution in [0.4, 0.5) is 5.69 Å². The molecular weight excluding hydrogens is 464 g/mol. The lowest BCUT2D eigenvalue weighted by Crippen LogP contribution is -2.17. The van der Waals surface area contributed by atoms with Crippen LogP contribution in [0.25, 0.3) is 21.3 Å². The number of thiophene rings is 1. The number of rotatable bonds is 4. The zero-order valence-electron chi connectivity index (χ0n) is 19.9. The van der Waals surface area contributed by atoms with Gasteiger partial charge in [-0.05, 0) is 73.9 Å². The number of carbonyl (C=O) groups is 1. The van der Waals surface area contributed by atoms with Crippen molar-refractivity contribution in [1.82, 2.24) is 4.98 Å². The third-order valence-electron chi connectivity index (χ3n) is 6.62. The van der Waals surface area contributed by atoms with Gasteiger partial charge >= 0.3 is 0 Å². The Morgan fingerprint density at radius 3 is 2.56 bits per heavy atom. The SMILES string of the molecule is COc1ccc(-c2c(C(=O)Nc3ccccc3C)c(C)nc3sc4c(c23)CCC(C)C4)cc1.Cl. The van der Waals surface area contributed by atoms with Gasteiger partial charge in [0.15, 0.2) is 0 Å². The molecule has 0 saturated heterocycles. The van der Waals surface area contributed by atoms with E-state index in [0.29, 0.717) is 11.5 Å². The summed E-state index contributed by atoms with van der Waals surface area (Å²) in [6.07, 6.45) is 3.28. The predicted molar refractivity (Wildman–Crippen MR) is 144 cm³/mol. The highest BCUT2D eigenvalue weighted by Crippen LogP contribution is 2.44. The molecule has 1 aliphatic carbocycles. The van der Waals surface area contributed by atoms with Crippen LogP contribution in [0.1, 0.15) is 45.4 Å². The number of halogens is 1. The van der Waals surface area contributed by atoms with Gasteiger partial charge in [-0.15, -0.1) is 23.7 Å². The maximum absolute atomic E-state index is 13.7. The summed E-state index contributed by atoms with van der Waals surface area (Å²) >= 11 is 1.79. The Labute approximate surface area is 210 Å². The number of hydrogen-bond acceptors (Lipinski definition) is 4. The number of fused-ring (bicyclic) bond motifs is 3. The van der Waals surface area contributed by atoms with Crippen molar-refractivity contribution in [1.29, 1.82) is 0 Å². The van der Waals surface area contributed by atoms with Crippen molar-refractivity contribution in [3.63, 3.8) is 0 Å². The van der Waals surface area contributed by atoms with Crippen molar-refractivity contribution in [2.24, 2.45) is 5.92 Å². The largest absolute Gasteiger partial charge is 0.497 e. The summed E-state index contributed by atoms with van der Waals surface area (Å²) in [4.78, 5) is 21.1. The van der Waals surface area contributed by atoms with Gasteiger partial charge in [-0.3, -0.25) is 4.79 Å². The standard InChI is InChI=1S/C28H28N2O2S.ClH/c1-16-9-14-21-23(15-16)33-28-26(21)25(19-10-12-20(32-4)13-11-19)24(18(3)29-28)27(31)30-22-8-6-5-7-17(22)2;/h5-8,10-13,16H,9,14-15H2,1-4H3,(H,30,31);1H. The van der Waals surface area contributed by atoms with E-state index in [4.69, 9.17) is 9.72 Å². The highest BCUT2D eigenvalue weighted by Gasteiger charge is 2.28. The first kappa shape index (κ1) is 24.2. The third-order valence-corrected chi connectivity index (χ3v) is 7.77. The topological polar surface area (TPSA) is 51.2 Å². The molecule has 6 heteroatoms. The van der Waals surface area contributed by atoms with E-state index in [2.05, 4.69) is 12.2 Å². The van der Waals surface area contributed by atoms with Gasteiger partial charge in [0, 0.05) is 21.5 Å². The average Bonchev–Trinajstić information content (AvgIpc) is 3.16. The number of benzene rings is 2. The fourth-order valence-corrected chi connectivity index (χ4v) is 6.25. The lowest BCUT2D eigenvalue weighted by atomic mass is 9.86. The molecular formula is C28H29ClN2O2S. The van der Waals surface area contributed by atoms with Crippen molar-refractivity contribution in [3.05, 3.63) is 75.8 Å². The van der Waals surface area contributed by atoms with Crippen LogP contribution in [0.15, 0.2) is 48.5 Å². The number of nitrogens with zero attached hydrogens (tertiary/aromatic N) is 1. The highest BCUT2D eigenvalue weighted by atomic mass is 35.5. The number of pyridine rings is 1. The molecule has 34 heavy (non-hydrogen) atoms. The zero-order chi connectivity index (χ0) is 23.1. The van der Waals surface area contributed by atoms with E-state index in [-0.39, 0.29) is 18.3 Å². The normalized spacial score (nSPS) is 14.9. The van der Waals surface area contributed by atoms with Crippen LogP contribution >= 0.6 is 23.7 Å². The Bertz CT molecular complexity index is 1360. The molecule has 1 aliphatic rings. The summed E-state index contributed by atoms with van der Waals surface area (Å²) in [6, 6.07) is 15.9. The lowest BCUT2D eigenvalue weighted by molar-refractivity contribution is 0.102. The fourth-order valence-electron chi connectivity index (χ4n) is 4.81. The number of aryl methyl sites for hydroxylation is 3. The molecule has 0 radical (unpaired) electrons. The fraction of sp³-hybridized carbons (Fsp3) is 0.286. The molecule has 2 aromatic heterocycles. The van der Waals surface area contributed by atoms with Gasteiger partial charge in [0.2, 0.25) is 0 Å². The van der Waals surface area contributed by atoms with Crippen molar-refractivity contribution in [3.8, 4) is 16.9 Å². The number of ether oxygens (including phenoxy) is 1. The number of anilines is 1. The van der Waals surface area contributed by atoms with Crippen molar-refractivity contribution < 1.29 is 9.53 Å². The van der Waals surface area contributed by atoms with Crippen LogP contribution in [0.5, 0.6) is 5.75 Å². The first-order valence-electron chi connectivity index (χ1n) is 11.4. The van der Waals surface area contributed by atoms with E-state index in [1.807, 2.05) is 62.4 Å². The number of methoxy groups -OCH3 is 1. The number of para-hydroxylation sites is 1. The predicted octanol–water partition coefficient (Wildman–Crippen LogP) is 7.39. The van der Waals surface area contributed by atoms with Gasteiger partial charge in [-0.1, -0.05) is 37.3 Å². The second kappa shape index (κ2) is 9.77. The smallest absolute Gasteiger partial charge is 0.258 e. The Balaban J connectivity index is 0.00000274. The summed E-state index contributed by atoms with van der Waals surface area (Å²) < 4.78 is 5.38. The van der Waals surface area contributed by atoms with Crippen molar-refractivity contribution in [2.45, 2.75) is 40.0 Å². The van der Waals surface area contributed by atoms with E-state index in [1.165, 1.54) is 16.9 Å². The monoisotopic (exact) mass is 492 g/mol. The summed E-state index contributed by atoms with van der Waals surface area (Å²) in [5.74, 6) is 1.36. The minimum Gasteiger partial charge on any atom is -0.497 e. The summed E-state index contributed by atoms with van der Waals surface area (Å²) in [6.45, 7) is 6.27. The molecule has 1 atom stereocenters. The molecule has 1 N–H and O–H groups in total. The number of nitrogens with one attached hydrogen (secondary N) is 1. The Morgan fingerprint density at radius 2 is 1.85 bits per heavy atom. The molecule has 0 fully saturated rings. The number of aromatic nitrogens is 1. The summed E-state index contributed by atoms with van der Waals surface area (Å²) in [5, 5.41) is 4.29. The van der Waals surface area contributed by atoms with Crippen LogP contribution in [0.3, 0.4) is 0 Å². The van der Waals surface area contributed by atoms with Crippen molar-refractivity contribution >= 4 is 45.6 Å². The lowest BCUT2D eigenvalue weighted by Gasteiger charge is -2.20. The quantitative estimate of drug-likeness (QED) is 0.323. The molecule has 2 heterocycles. The maximum Gasteiger partial charge on any atom is 0.258 e. The van der Waals surface area contributed by atoms with E-state index in [9.17, 15) is 4.79 Å². The molecule has 1 amide bonds. The van der Waals surface area contributed by atoms with Crippen molar-refractivity contribution in [2.75, 3.05) is 12.4 Å². The first-order valence-corrected chi connectivity index (χ1v) is 12.2. The summed E-state index contributed by atoms with van der Waals surface area (Å²) in [7, 11) is 1.67. The van der Waals surface area contributed by atoms with Crippen LogP contribution in [0, 0.1) is 19.8 Å². The Morgan fingerprint density at radius 1 is 1.12 bits per heavy atom. The van der Waals surface area contributed by atoms with Gasteiger partial charge in [0.05, 0.1) is 18.4 Å². The molecule has 176 valence electrons. The second-order valence-electron chi connectivity index (χ2n) is 8.98. The number of hydrogen-bond donors (Lipinski definition) is 1. The van der Waals surface area contributed by atoms with Gasteiger partial charge in [-0.25, -0.2) is 4.98 Å². The van der Waals surface area contributed by atoms with Gasteiger partial charge in [0.1, 0.15) is 10.6 Å². The minimum atomic E-state index is -0.119. The van der Waals surface area contributed by atoms with E-state index < -0.39 is 0 Å². The third kappa shape index (κ3) is 4.30. The number of carbonyl (C=O) groups excluding carboxylic acids is 1. The molecule has 4 aromatic rings. The minimum absolute atomic E-state index is 0. The van der Waals surface area contributed by atoms with Gasteiger partial charge in [-0.2, -0.15) is 0 Å². The van der Waals surface area contributed by atoms with Crippen LogP contribution in [0.2, 0.25) is 0 Å². The molecule has 5 rings (SSSR count). The average molecular weight is 493 g/mol. The molecule has 2 aromatic carbocycles. The first-order chi connectivity index (χ1) is 16.0. The molecule has 0 aliphatic heterocycles. The van der Waals surface area contributed by atoms with Crippen LogP contribution in [-0.4, -0.2) is 18.0 Å². The molecule has 1 unspecified atom stereocenters. The van der Waals surface area contributed by atoms with Gasteiger partial charge in [0.25, 0.3) is 5.91 Å². The second-order valence-corrected chi connectivity index (χ2v) is 10.1. The summed E-state index contributed by atoms with van der Waals surface area (Å²) in [5.41, 5.74) is 6.63. The molecule has 0 bridgehead atoms. The number of amides is 1. The zero-order valence-corrected chi connectivity index (χ0v) is 21.5. The van der Waals surface area contributed by atoms with Gasteiger partial charge < -0.3 is 10.1 Å². The maximum atomic E-state index is 13.7. The molecule has 0 spiro atoms.